The lowest BCUT2D eigenvalue weighted by Gasteiger charge is -2.22. The van der Waals surface area contributed by atoms with E-state index in [1.165, 1.54) is 6.42 Å². The molecule has 28 heavy (non-hydrogen) atoms. The van der Waals surface area contributed by atoms with Gasteiger partial charge in [-0.25, -0.2) is 0 Å². The van der Waals surface area contributed by atoms with Crippen molar-refractivity contribution in [2.24, 2.45) is 0 Å². The Kier molecular flexibility index (Phi) is 8.54. The van der Waals surface area contributed by atoms with E-state index >= 15 is 0 Å². The van der Waals surface area contributed by atoms with Crippen molar-refractivity contribution in [3.8, 4) is 0 Å². The fourth-order valence-electron chi connectivity index (χ4n) is 3.52. The maximum atomic E-state index is 13.9. The van der Waals surface area contributed by atoms with Crippen LogP contribution in [0.4, 0.5) is 0 Å². The number of ether oxygens (including phenoxy) is 2. The molecule has 1 saturated heterocycles. The largest absolute Gasteiger partial charge is 0.353 e. The van der Waals surface area contributed by atoms with Crippen molar-refractivity contribution in [1.29, 1.82) is 0 Å². The molecule has 1 aliphatic rings. The van der Waals surface area contributed by atoms with Gasteiger partial charge in [-0.05, 0) is 38.5 Å². The van der Waals surface area contributed by atoms with Gasteiger partial charge in [0.25, 0.3) is 0 Å². The Hall–Kier alpha value is -1.67. The lowest BCUT2D eigenvalue weighted by atomic mass is 10.2. The van der Waals surface area contributed by atoms with Gasteiger partial charge >= 0.3 is 0 Å². The average molecular weight is 398 g/mol. The number of rotatable bonds is 10. The Labute approximate surface area is 169 Å². The summed E-state index contributed by atoms with van der Waals surface area (Å²) in [5, 5.41) is 1.90. The van der Waals surface area contributed by atoms with Gasteiger partial charge in [-0.15, -0.1) is 0 Å². The zero-order valence-electron chi connectivity index (χ0n) is 16.5. The fourth-order valence-corrected chi connectivity index (χ4v) is 6.27. The SMILES string of the molecule is O=P(CCCC=CCCOC1CCCCO1)(c1ccccc1)c1ccccc1. The molecule has 1 unspecified atom stereocenters. The zero-order valence-corrected chi connectivity index (χ0v) is 17.4. The first-order valence-corrected chi connectivity index (χ1v) is 12.3. The molecule has 3 rings (SSSR count). The molecule has 0 aromatic heterocycles. The summed E-state index contributed by atoms with van der Waals surface area (Å²) in [6.45, 7) is 1.52. The monoisotopic (exact) mass is 398 g/mol. The summed E-state index contributed by atoms with van der Waals surface area (Å²) in [5.74, 6) is 0. The fraction of sp³-hybridized carbons (Fsp3) is 0.417. The van der Waals surface area contributed by atoms with E-state index in [4.69, 9.17) is 9.47 Å². The number of hydrogen-bond donors (Lipinski definition) is 0. The van der Waals surface area contributed by atoms with Crippen LogP contribution in [0.1, 0.15) is 38.5 Å². The molecule has 0 bridgehead atoms. The Morgan fingerprint density at radius 1 is 0.929 bits per heavy atom. The summed E-state index contributed by atoms with van der Waals surface area (Å²) in [7, 11) is -2.58. The van der Waals surface area contributed by atoms with Crippen LogP contribution >= 0.6 is 7.14 Å². The summed E-state index contributed by atoms with van der Waals surface area (Å²) in [5.41, 5.74) is 0. The first kappa shape index (κ1) is 21.0. The molecule has 3 nitrogen and oxygen atoms in total. The highest BCUT2D eigenvalue weighted by atomic mass is 31.2. The zero-order chi connectivity index (χ0) is 19.5. The van der Waals surface area contributed by atoms with Crippen molar-refractivity contribution >= 4 is 17.8 Å². The van der Waals surface area contributed by atoms with Crippen LogP contribution in [0.2, 0.25) is 0 Å². The summed E-state index contributed by atoms with van der Waals surface area (Å²) < 4.78 is 25.2. The van der Waals surface area contributed by atoms with Crippen molar-refractivity contribution in [1.82, 2.24) is 0 Å². The van der Waals surface area contributed by atoms with Gasteiger partial charge in [0.05, 0.1) is 6.61 Å². The first-order chi connectivity index (χ1) is 13.8. The molecule has 1 heterocycles. The van der Waals surface area contributed by atoms with Crippen LogP contribution in [0, 0.1) is 0 Å². The standard InChI is InChI=1S/C24H31O3P/c25-28(22-14-6-4-7-15-22,23-16-8-5-9-17-23)21-13-3-1-2-11-19-26-24-18-10-12-20-27-24/h1-2,4-9,14-17,24H,3,10-13,18-21H2. The van der Waals surface area contributed by atoms with Gasteiger partial charge in [0.1, 0.15) is 7.14 Å². The number of allylic oxidation sites excluding steroid dienone is 1. The molecular weight excluding hydrogens is 367 g/mol. The molecule has 0 spiro atoms. The molecule has 0 saturated carbocycles. The van der Waals surface area contributed by atoms with Crippen LogP contribution < -0.4 is 10.6 Å². The second-order valence-electron chi connectivity index (χ2n) is 7.20. The Bertz CT molecular complexity index is 708. The highest BCUT2D eigenvalue weighted by Gasteiger charge is 2.26. The van der Waals surface area contributed by atoms with Gasteiger partial charge in [-0.1, -0.05) is 72.8 Å². The highest BCUT2D eigenvalue weighted by molar-refractivity contribution is 7.78. The summed E-state index contributed by atoms with van der Waals surface area (Å²) in [4.78, 5) is 0. The van der Waals surface area contributed by atoms with Crippen molar-refractivity contribution in [3.63, 3.8) is 0 Å². The van der Waals surface area contributed by atoms with Crippen molar-refractivity contribution in [3.05, 3.63) is 72.8 Å². The molecule has 2 aromatic carbocycles. The van der Waals surface area contributed by atoms with Gasteiger partial charge in [-0.3, -0.25) is 0 Å². The van der Waals surface area contributed by atoms with Gasteiger partial charge in [-0.2, -0.15) is 0 Å². The van der Waals surface area contributed by atoms with Gasteiger partial charge in [0, 0.05) is 23.4 Å². The molecule has 1 atom stereocenters. The molecule has 1 aliphatic heterocycles. The third-order valence-corrected chi connectivity index (χ3v) is 8.29. The highest BCUT2D eigenvalue weighted by Crippen LogP contribution is 2.44. The van der Waals surface area contributed by atoms with Gasteiger partial charge in [0.2, 0.25) is 0 Å². The van der Waals surface area contributed by atoms with Crippen LogP contribution in [-0.4, -0.2) is 25.7 Å². The molecule has 150 valence electrons. The van der Waals surface area contributed by atoms with Crippen LogP contribution in [0.15, 0.2) is 72.8 Å². The van der Waals surface area contributed by atoms with E-state index in [0.29, 0.717) is 12.8 Å². The predicted octanol–water partition coefficient (Wildman–Crippen LogP) is 5.27. The molecule has 1 fully saturated rings. The van der Waals surface area contributed by atoms with E-state index in [0.717, 1.165) is 49.3 Å². The van der Waals surface area contributed by atoms with E-state index in [-0.39, 0.29) is 6.29 Å². The third-order valence-electron chi connectivity index (χ3n) is 5.08. The molecule has 4 heteroatoms. The topological polar surface area (TPSA) is 35.5 Å². The summed E-state index contributed by atoms with van der Waals surface area (Å²) >= 11 is 0. The van der Waals surface area contributed by atoms with Crippen LogP contribution in [0.25, 0.3) is 0 Å². The quantitative estimate of drug-likeness (QED) is 0.311. The van der Waals surface area contributed by atoms with Crippen LogP contribution in [0.5, 0.6) is 0 Å². The normalized spacial score (nSPS) is 17.8. The van der Waals surface area contributed by atoms with E-state index in [1.807, 2.05) is 60.7 Å². The van der Waals surface area contributed by atoms with E-state index in [9.17, 15) is 4.57 Å². The lowest BCUT2D eigenvalue weighted by molar-refractivity contribution is -0.161. The Morgan fingerprint density at radius 3 is 2.18 bits per heavy atom. The van der Waals surface area contributed by atoms with E-state index in [1.54, 1.807) is 0 Å². The van der Waals surface area contributed by atoms with E-state index < -0.39 is 7.14 Å². The lowest BCUT2D eigenvalue weighted by Crippen LogP contribution is -2.22. The van der Waals surface area contributed by atoms with Crippen LogP contribution in [0.3, 0.4) is 0 Å². The molecule has 0 amide bonds. The average Bonchev–Trinajstić information content (AvgIpc) is 2.77. The maximum absolute atomic E-state index is 13.9. The molecule has 0 radical (unpaired) electrons. The second-order valence-corrected chi connectivity index (χ2v) is 10.2. The van der Waals surface area contributed by atoms with Gasteiger partial charge < -0.3 is 14.0 Å². The number of benzene rings is 2. The Balaban J connectivity index is 1.46. The second kappa shape index (κ2) is 11.4. The number of unbranched alkanes of at least 4 members (excludes halogenated alkanes) is 1. The van der Waals surface area contributed by atoms with Crippen LogP contribution in [-0.2, 0) is 14.0 Å². The van der Waals surface area contributed by atoms with Crippen molar-refractivity contribution < 1.29 is 14.0 Å². The van der Waals surface area contributed by atoms with Crippen molar-refractivity contribution in [2.75, 3.05) is 19.4 Å². The minimum Gasteiger partial charge on any atom is -0.353 e. The summed E-state index contributed by atoms with van der Waals surface area (Å²) in [6, 6.07) is 19.8. The van der Waals surface area contributed by atoms with Crippen molar-refractivity contribution in [2.45, 2.75) is 44.8 Å². The third kappa shape index (κ3) is 6.17. The molecule has 0 aliphatic carbocycles. The molecule has 2 aromatic rings. The predicted molar refractivity (Wildman–Crippen MR) is 117 cm³/mol. The van der Waals surface area contributed by atoms with Gasteiger partial charge in [0.15, 0.2) is 6.29 Å². The smallest absolute Gasteiger partial charge is 0.157 e. The summed E-state index contributed by atoms with van der Waals surface area (Å²) in [6.07, 6.45) is 11.1. The van der Waals surface area contributed by atoms with E-state index in [2.05, 4.69) is 12.2 Å². The molecular formula is C24H31O3P. The minimum atomic E-state index is -2.58. The molecule has 0 N–H and O–H groups in total. The number of hydrogen-bond acceptors (Lipinski definition) is 3. The maximum Gasteiger partial charge on any atom is 0.157 e. The Morgan fingerprint density at radius 2 is 1.57 bits per heavy atom. The first-order valence-electron chi connectivity index (χ1n) is 10.4. The minimum absolute atomic E-state index is 0.00947.